The minimum absolute atomic E-state index is 0.483. The Morgan fingerprint density at radius 1 is 0.274 bits per heavy atom. The lowest BCUT2D eigenvalue weighted by atomic mass is 9.66. The molecule has 12 rings (SSSR count). The third-order valence-electron chi connectivity index (χ3n) is 12.6. The normalized spacial score (nSPS) is 12.8. The zero-order valence-corrected chi connectivity index (χ0v) is 33.7. The number of rotatable bonds is 6. The summed E-state index contributed by atoms with van der Waals surface area (Å²) in [5, 5.41) is 0. The van der Waals surface area contributed by atoms with Crippen LogP contribution in [0.5, 0.6) is 11.5 Å². The quantitative estimate of drug-likeness (QED) is 0.168. The van der Waals surface area contributed by atoms with Gasteiger partial charge in [0.05, 0.1) is 16.8 Å². The van der Waals surface area contributed by atoms with Gasteiger partial charge >= 0.3 is 0 Å². The van der Waals surface area contributed by atoms with Gasteiger partial charge in [0.15, 0.2) is 5.82 Å². The number of aromatic nitrogens is 2. The molecule has 62 heavy (non-hydrogen) atoms. The molecule has 1 spiro atoms. The first-order chi connectivity index (χ1) is 30.7. The van der Waals surface area contributed by atoms with Crippen molar-refractivity contribution in [1.82, 2.24) is 9.97 Å². The number of hydrogen-bond donors (Lipinski definition) is 0. The summed E-state index contributed by atoms with van der Waals surface area (Å²) in [4.78, 5) is 10.5. The summed E-state index contributed by atoms with van der Waals surface area (Å²) in [6.45, 7) is 0. The summed E-state index contributed by atoms with van der Waals surface area (Å²) in [6.07, 6.45) is 0. The van der Waals surface area contributed by atoms with Crippen LogP contribution in [-0.4, -0.2) is 9.97 Å². The van der Waals surface area contributed by atoms with Crippen molar-refractivity contribution in [3.8, 4) is 89.9 Å². The number of ether oxygens (including phenoxy) is 1. The summed E-state index contributed by atoms with van der Waals surface area (Å²) in [7, 11) is 0. The van der Waals surface area contributed by atoms with E-state index in [9.17, 15) is 0 Å². The Morgan fingerprint density at radius 3 is 1.37 bits per heavy atom. The number of fused-ring (bicyclic) bond motifs is 9. The highest BCUT2D eigenvalue weighted by molar-refractivity contribution is 5.89. The third kappa shape index (κ3) is 5.82. The first-order valence-corrected chi connectivity index (χ1v) is 21.1. The van der Waals surface area contributed by atoms with Crippen molar-refractivity contribution in [2.24, 2.45) is 0 Å². The molecule has 3 heteroatoms. The van der Waals surface area contributed by atoms with Gasteiger partial charge in [-0.05, 0) is 86.0 Å². The summed E-state index contributed by atoms with van der Waals surface area (Å²) in [6, 6.07) is 81.9. The van der Waals surface area contributed by atoms with Gasteiger partial charge in [-0.1, -0.05) is 200 Å². The van der Waals surface area contributed by atoms with Gasteiger partial charge in [-0.3, -0.25) is 0 Å². The van der Waals surface area contributed by atoms with Crippen LogP contribution in [0.4, 0.5) is 0 Å². The lowest BCUT2D eigenvalue weighted by Gasteiger charge is -2.39. The van der Waals surface area contributed by atoms with Crippen molar-refractivity contribution in [1.29, 1.82) is 0 Å². The third-order valence-corrected chi connectivity index (χ3v) is 12.6. The molecule has 2 aliphatic rings. The second-order valence-corrected chi connectivity index (χ2v) is 16.1. The maximum absolute atomic E-state index is 6.82. The van der Waals surface area contributed by atoms with Gasteiger partial charge in [0.2, 0.25) is 0 Å². The largest absolute Gasteiger partial charge is 0.457 e. The van der Waals surface area contributed by atoms with Crippen LogP contribution >= 0.6 is 0 Å². The van der Waals surface area contributed by atoms with E-state index in [2.05, 4.69) is 218 Å². The second kappa shape index (κ2) is 14.5. The molecule has 2 heterocycles. The van der Waals surface area contributed by atoms with Crippen LogP contribution in [0, 0.1) is 0 Å². The van der Waals surface area contributed by atoms with E-state index in [0.29, 0.717) is 5.82 Å². The molecule has 9 aromatic carbocycles. The van der Waals surface area contributed by atoms with Gasteiger partial charge in [0, 0.05) is 27.8 Å². The van der Waals surface area contributed by atoms with Crippen molar-refractivity contribution in [3.63, 3.8) is 0 Å². The topological polar surface area (TPSA) is 35.0 Å². The molecule has 0 fully saturated rings. The van der Waals surface area contributed by atoms with E-state index >= 15 is 0 Å². The summed E-state index contributed by atoms with van der Waals surface area (Å²) < 4.78 is 6.82. The average molecular weight is 791 g/mol. The van der Waals surface area contributed by atoms with Crippen LogP contribution in [-0.2, 0) is 5.41 Å². The lowest BCUT2D eigenvalue weighted by molar-refractivity contribution is 0.436. The molecule has 1 aromatic heterocycles. The smallest absolute Gasteiger partial charge is 0.160 e. The first-order valence-electron chi connectivity index (χ1n) is 21.1. The molecule has 0 amide bonds. The van der Waals surface area contributed by atoms with Gasteiger partial charge in [-0.2, -0.15) is 0 Å². The van der Waals surface area contributed by atoms with Crippen LogP contribution in [0.2, 0.25) is 0 Å². The van der Waals surface area contributed by atoms with E-state index in [-0.39, 0.29) is 0 Å². The maximum Gasteiger partial charge on any atom is 0.160 e. The van der Waals surface area contributed by atoms with Crippen LogP contribution in [0.25, 0.3) is 78.4 Å². The van der Waals surface area contributed by atoms with Crippen LogP contribution < -0.4 is 4.74 Å². The Hall–Kier alpha value is -8.14. The van der Waals surface area contributed by atoms with Gasteiger partial charge in [-0.15, -0.1) is 0 Å². The molecule has 0 N–H and O–H groups in total. The molecule has 290 valence electrons. The van der Waals surface area contributed by atoms with Crippen LogP contribution in [0.15, 0.2) is 231 Å². The predicted octanol–water partition coefficient (Wildman–Crippen LogP) is 14.9. The predicted molar refractivity (Wildman–Crippen MR) is 252 cm³/mol. The minimum Gasteiger partial charge on any atom is -0.457 e. The highest BCUT2D eigenvalue weighted by Gasteiger charge is 2.50. The Bertz CT molecular complexity index is 3170. The van der Waals surface area contributed by atoms with Crippen molar-refractivity contribution >= 4 is 0 Å². The number of para-hydroxylation sites is 1. The minimum atomic E-state index is -0.483. The Kier molecular flexibility index (Phi) is 8.39. The number of hydrogen-bond acceptors (Lipinski definition) is 3. The maximum atomic E-state index is 6.82. The van der Waals surface area contributed by atoms with E-state index in [1.807, 2.05) is 12.1 Å². The molecule has 0 saturated carbocycles. The highest BCUT2D eigenvalue weighted by atomic mass is 16.5. The monoisotopic (exact) mass is 790 g/mol. The van der Waals surface area contributed by atoms with Crippen molar-refractivity contribution < 1.29 is 4.74 Å². The molecule has 3 nitrogen and oxygen atoms in total. The molecular formula is C59H38N2O. The summed E-state index contributed by atoms with van der Waals surface area (Å²) in [5.74, 6) is 2.44. The summed E-state index contributed by atoms with van der Waals surface area (Å²) >= 11 is 0. The molecule has 0 bridgehead atoms. The van der Waals surface area contributed by atoms with E-state index < -0.39 is 5.41 Å². The van der Waals surface area contributed by atoms with Crippen molar-refractivity contribution in [3.05, 3.63) is 253 Å². The Balaban J connectivity index is 0.952. The SMILES string of the molecule is c1ccc(-c2cccc(-c3cc(-c4ccc(-c5ccc6c(c5)Oc5ccccc5C65c6ccccc6-c6ccccc65)cc4)nc(-c4cccc(-c5ccccc5)c4)n3)c2)cc1. The van der Waals surface area contributed by atoms with E-state index in [1.54, 1.807) is 0 Å². The molecule has 1 aliphatic heterocycles. The van der Waals surface area contributed by atoms with Crippen LogP contribution in [0.1, 0.15) is 22.3 Å². The average Bonchev–Trinajstić information content (AvgIpc) is 3.65. The van der Waals surface area contributed by atoms with Gasteiger partial charge < -0.3 is 4.74 Å². The van der Waals surface area contributed by atoms with Crippen molar-refractivity contribution in [2.45, 2.75) is 5.41 Å². The number of nitrogens with zero attached hydrogens (tertiary/aromatic N) is 2. The lowest BCUT2D eigenvalue weighted by Crippen LogP contribution is -2.32. The van der Waals surface area contributed by atoms with E-state index in [0.717, 1.165) is 73.0 Å². The zero-order chi connectivity index (χ0) is 41.0. The highest BCUT2D eigenvalue weighted by Crippen LogP contribution is 2.62. The van der Waals surface area contributed by atoms with Crippen LogP contribution in [0.3, 0.4) is 0 Å². The molecule has 10 aromatic rings. The fourth-order valence-electron chi connectivity index (χ4n) is 9.70. The van der Waals surface area contributed by atoms with E-state index in [1.165, 1.54) is 33.4 Å². The summed E-state index contributed by atoms with van der Waals surface area (Å²) in [5.41, 5.74) is 18.5. The van der Waals surface area contributed by atoms with Gasteiger partial charge in [-0.25, -0.2) is 9.97 Å². The standard InChI is InChI=1S/C59H38N2O/c1-3-15-39(16-4-1)43-19-13-21-46(35-43)55-38-54(60-58(61-55)47-22-14-20-44(36-47)40-17-5-2-6-18-40)42-31-29-41(30-32-42)45-33-34-53-57(37-45)62-56-28-12-11-27-52(56)59(53)50-25-9-7-23-48(50)49-24-8-10-26-51(49)59/h1-38H. The van der Waals surface area contributed by atoms with Gasteiger partial charge in [0.25, 0.3) is 0 Å². The zero-order valence-electron chi connectivity index (χ0n) is 33.7. The second-order valence-electron chi connectivity index (χ2n) is 16.1. The molecule has 0 unspecified atom stereocenters. The molecule has 0 atom stereocenters. The molecule has 1 aliphatic carbocycles. The van der Waals surface area contributed by atoms with Crippen molar-refractivity contribution in [2.75, 3.05) is 0 Å². The Morgan fingerprint density at radius 2 is 0.710 bits per heavy atom. The number of benzene rings is 9. The fraction of sp³-hybridized carbons (Fsp3) is 0.0169. The fourth-order valence-corrected chi connectivity index (χ4v) is 9.70. The molecule has 0 saturated heterocycles. The van der Waals surface area contributed by atoms with E-state index in [4.69, 9.17) is 14.7 Å². The molecular weight excluding hydrogens is 753 g/mol. The van der Waals surface area contributed by atoms with Gasteiger partial charge in [0.1, 0.15) is 11.5 Å². The molecule has 0 radical (unpaired) electrons. The first kappa shape index (κ1) is 35.8. The Labute approximate surface area is 361 Å².